The Balaban J connectivity index is 1.95. The van der Waals surface area contributed by atoms with Crippen molar-refractivity contribution in [3.63, 3.8) is 0 Å². The third-order valence-electron chi connectivity index (χ3n) is 3.32. The fourth-order valence-corrected chi connectivity index (χ4v) is 2.33. The van der Waals surface area contributed by atoms with Crippen LogP contribution in [0.15, 0.2) is 72.8 Å². The summed E-state index contributed by atoms with van der Waals surface area (Å²) in [6, 6.07) is 24.5. The lowest BCUT2D eigenvalue weighted by Crippen LogP contribution is -1.87. The number of hydrogen-bond donors (Lipinski definition) is 1. The van der Waals surface area contributed by atoms with Gasteiger partial charge in [0.05, 0.1) is 10.7 Å². The minimum absolute atomic E-state index is 0.592. The van der Waals surface area contributed by atoms with Crippen molar-refractivity contribution in [2.45, 2.75) is 0 Å². The highest BCUT2D eigenvalue weighted by molar-refractivity contribution is 6.33. The smallest absolute Gasteiger partial charge is 0.0635 e. The largest absolute Gasteiger partial charge is 0.398 e. The Labute approximate surface area is 123 Å². The lowest BCUT2D eigenvalue weighted by atomic mass is 10.0. The summed E-state index contributed by atoms with van der Waals surface area (Å²) in [5, 5.41) is 0.592. The molecule has 0 spiro atoms. The fraction of sp³-hybridized carbons (Fsp3) is 0. The molecule has 0 aromatic heterocycles. The summed E-state index contributed by atoms with van der Waals surface area (Å²) in [4.78, 5) is 0. The molecule has 0 aliphatic heterocycles. The molecule has 0 saturated carbocycles. The molecule has 0 fully saturated rings. The Hall–Kier alpha value is -2.25. The van der Waals surface area contributed by atoms with Gasteiger partial charge >= 0.3 is 0 Å². The van der Waals surface area contributed by atoms with Crippen molar-refractivity contribution < 1.29 is 0 Å². The monoisotopic (exact) mass is 279 g/mol. The fourth-order valence-electron chi connectivity index (χ4n) is 2.21. The van der Waals surface area contributed by atoms with Gasteiger partial charge in [-0.15, -0.1) is 0 Å². The van der Waals surface area contributed by atoms with Gasteiger partial charge in [0.15, 0.2) is 0 Å². The maximum absolute atomic E-state index is 5.95. The molecular formula is C18H14ClN. The van der Waals surface area contributed by atoms with Crippen LogP contribution in [0.5, 0.6) is 0 Å². The third kappa shape index (κ3) is 2.54. The van der Waals surface area contributed by atoms with E-state index in [-0.39, 0.29) is 0 Å². The third-order valence-corrected chi connectivity index (χ3v) is 3.67. The SMILES string of the molecule is Nc1cc(-c2ccc(-c3ccccc3)cc2)ccc1Cl. The Morgan fingerprint density at radius 2 is 1.10 bits per heavy atom. The highest BCUT2D eigenvalue weighted by Crippen LogP contribution is 2.28. The van der Waals surface area contributed by atoms with Crippen LogP contribution in [0, 0.1) is 0 Å². The predicted molar refractivity (Wildman–Crippen MR) is 86.7 cm³/mol. The molecule has 0 atom stereocenters. The van der Waals surface area contributed by atoms with Crippen LogP contribution in [0.3, 0.4) is 0 Å². The van der Waals surface area contributed by atoms with Crippen LogP contribution in [-0.2, 0) is 0 Å². The molecule has 0 radical (unpaired) electrons. The van der Waals surface area contributed by atoms with Gasteiger partial charge in [-0.3, -0.25) is 0 Å². The van der Waals surface area contributed by atoms with E-state index < -0.39 is 0 Å². The predicted octanol–water partition coefficient (Wildman–Crippen LogP) is 5.26. The van der Waals surface area contributed by atoms with E-state index >= 15 is 0 Å². The Morgan fingerprint density at radius 3 is 1.70 bits per heavy atom. The molecule has 0 heterocycles. The van der Waals surface area contributed by atoms with Gasteiger partial charge in [0.25, 0.3) is 0 Å². The van der Waals surface area contributed by atoms with Crippen molar-refractivity contribution in [3.8, 4) is 22.3 Å². The van der Waals surface area contributed by atoms with Crippen molar-refractivity contribution in [3.05, 3.63) is 77.8 Å². The first-order valence-electron chi connectivity index (χ1n) is 6.45. The molecule has 0 aliphatic carbocycles. The van der Waals surface area contributed by atoms with Gasteiger partial charge in [-0.2, -0.15) is 0 Å². The summed E-state index contributed by atoms with van der Waals surface area (Å²) in [5.41, 5.74) is 11.1. The van der Waals surface area contributed by atoms with Gasteiger partial charge < -0.3 is 5.73 Å². The van der Waals surface area contributed by atoms with Crippen molar-refractivity contribution in [2.75, 3.05) is 5.73 Å². The van der Waals surface area contributed by atoms with Gasteiger partial charge in [0.1, 0.15) is 0 Å². The molecule has 20 heavy (non-hydrogen) atoms. The van der Waals surface area contributed by atoms with E-state index in [0.717, 1.165) is 11.1 Å². The lowest BCUT2D eigenvalue weighted by Gasteiger charge is -2.06. The highest BCUT2D eigenvalue weighted by atomic mass is 35.5. The zero-order chi connectivity index (χ0) is 13.9. The van der Waals surface area contributed by atoms with E-state index in [2.05, 4.69) is 36.4 Å². The molecule has 0 aliphatic rings. The van der Waals surface area contributed by atoms with E-state index in [1.54, 1.807) is 0 Å². The standard InChI is InChI=1S/C18H14ClN/c19-17-11-10-16(12-18(17)20)15-8-6-14(7-9-15)13-4-2-1-3-5-13/h1-12H,20H2. The van der Waals surface area contributed by atoms with Gasteiger partial charge in [-0.1, -0.05) is 72.3 Å². The number of nitrogens with two attached hydrogens (primary N) is 1. The lowest BCUT2D eigenvalue weighted by molar-refractivity contribution is 1.59. The molecule has 3 aromatic rings. The minimum atomic E-state index is 0.592. The summed E-state index contributed by atoms with van der Waals surface area (Å²) >= 11 is 5.95. The molecule has 3 aromatic carbocycles. The summed E-state index contributed by atoms with van der Waals surface area (Å²) in [6.45, 7) is 0. The molecule has 2 N–H and O–H groups in total. The Kier molecular flexibility index (Phi) is 3.44. The van der Waals surface area contributed by atoms with Crippen LogP contribution in [0.1, 0.15) is 0 Å². The molecule has 0 unspecified atom stereocenters. The van der Waals surface area contributed by atoms with Crippen LogP contribution in [0.25, 0.3) is 22.3 Å². The topological polar surface area (TPSA) is 26.0 Å². The zero-order valence-corrected chi connectivity index (χ0v) is 11.6. The number of benzene rings is 3. The van der Waals surface area contributed by atoms with E-state index in [4.69, 9.17) is 17.3 Å². The number of nitrogen functional groups attached to an aromatic ring is 1. The molecule has 1 nitrogen and oxygen atoms in total. The van der Waals surface area contributed by atoms with Crippen molar-refractivity contribution in [1.29, 1.82) is 0 Å². The van der Waals surface area contributed by atoms with Crippen LogP contribution < -0.4 is 5.73 Å². The van der Waals surface area contributed by atoms with Gasteiger partial charge in [-0.25, -0.2) is 0 Å². The first-order chi connectivity index (χ1) is 9.74. The number of anilines is 1. The number of rotatable bonds is 2. The summed E-state index contributed by atoms with van der Waals surface area (Å²) < 4.78 is 0. The van der Waals surface area contributed by atoms with Gasteiger partial charge in [-0.05, 0) is 34.4 Å². The molecule has 0 amide bonds. The Morgan fingerprint density at radius 1 is 0.600 bits per heavy atom. The van der Waals surface area contributed by atoms with Gasteiger partial charge in [0.2, 0.25) is 0 Å². The summed E-state index contributed by atoms with van der Waals surface area (Å²) in [6.07, 6.45) is 0. The van der Waals surface area contributed by atoms with Crippen LogP contribution >= 0.6 is 11.6 Å². The molecule has 2 heteroatoms. The first kappa shape index (κ1) is 12.8. The second-order valence-electron chi connectivity index (χ2n) is 4.68. The van der Waals surface area contributed by atoms with Gasteiger partial charge in [0, 0.05) is 0 Å². The average molecular weight is 280 g/mol. The highest BCUT2D eigenvalue weighted by Gasteiger charge is 2.02. The van der Waals surface area contributed by atoms with Crippen LogP contribution in [0.4, 0.5) is 5.69 Å². The maximum atomic E-state index is 5.95. The van der Waals surface area contributed by atoms with Crippen molar-refractivity contribution in [1.82, 2.24) is 0 Å². The molecule has 0 saturated heterocycles. The van der Waals surface area contributed by atoms with E-state index in [1.807, 2.05) is 36.4 Å². The maximum Gasteiger partial charge on any atom is 0.0635 e. The second-order valence-corrected chi connectivity index (χ2v) is 5.09. The first-order valence-corrected chi connectivity index (χ1v) is 6.83. The van der Waals surface area contributed by atoms with E-state index in [9.17, 15) is 0 Å². The molecular weight excluding hydrogens is 266 g/mol. The molecule has 98 valence electrons. The number of hydrogen-bond acceptors (Lipinski definition) is 1. The van der Waals surface area contributed by atoms with Crippen molar-refractivity contribution >= 4 is 17.3 Å². The van der Waals surface area contributed by atoms with E-state index in [1.165, 1.54) is 11.1 Å². The quantitative estimate of drug-likeness (QED) is 0.637. The molecule has 3 rings (SSSR count). The average Bonchev–Trinajstić information content (AvgIpc) is 2.51. The zero-order valence-electron chi connectivity index (χ0n) is 10.9. The summed E-state index contributed by atoms with van der Waals surface area (Å²) in [7, 11) is 0. The minimum Gasteiger partial charge on any atom is -0.398 e. The van der Waals surface area contributed by atoms with Crippen LogP contribution in [-0.4, -0.2) is 0 Å². The Bertz CT molecular complexity index is 718. The molecule has 0 bridgehead atoms. The number of halogens is 1. The second kappa shape index (κ2) is 5.40. The van der Waals surface area contributed by atoms with E-state index in [0.29, 0.717) is 10.7 Å². The normalized spacial score (nSPS) is 10.4. The van der Waals surface area contributed by atoms with Crippen LogP contribution in [0.2, 0.25) is 5.02 Å². The van der Waals surface area contributed by atoms with Crippen molar-refractivity contribution in [2.24, 2.45) is 0 Å². The summed E-state index contributed by atoms with van der Waals surface area (Å²) in [5.74, 6) is 0.